The number of carboxylic acid groups (broad SMARTS) is 1. The summed E-state index contributed by atoms with van der Waals surface area (Å²) in [5.74, 6) is -1.91. The van der Waals surface area contributed by atoms with Gasteiger partial charge in [-0.2, -0.15) is 0 Å². The molecule has 1 fully saturated rings. The predicted molar refractivity (Wildman–Crippen MR) is 63.2 cm³/mol. The molecule has 0 spiro atoms. The van der Waals surface area contributed by atoms with E-state index in [1.165, 1.54) is 18.7 Å². The third kappa shape index (κ3) is 1.77. The van der Waals surface area contributed by atoms with Crippen molar-refractivity contribution < 1.29 is 25.0 Å². The first-order valence-electron chi connectivity index (χ1n) is 5.25. The summed E-state index contributed by atoms with van der Waals surface area (Å²) < 4.78 is 0. The summed E-state index contributed by atoms with van der Waals surface area (Å²) in [4.78, 5) is 24.2. The van der Waals surface area contributed by atoms with Crippen molar-refractivity contribution in [1.29, 1.82) is 0 Å². The molecule has 0 unspecified atom stereocenters. The number of hydrogen-bond donors (Lipinski definition) is 3. The molecule has 2 aliphatic rings. The topological polar surface area (TPSA) is 110 Å². The van der Waals surface area contributed by atoms with Crippen molar-refractivity contribution in [3.63, 3.8) is 0 Å². The zero-order valence-electron chi connectivity index (χ0n) is 9.48. The van der Waals surface area contributed by atoms with Crippen LogP contribution in [0.5, 0.6) is 0 Å². The molecular weight excluding hydrogens is 260 g/mol. The highest BCUT2D eigenvalue weighted by Crippen LogP contribution is 2.44. The lowest BCUT2D eigenvalue weighted by molar-refractivity contribution is -0.157. The molecule has 18 heavy (non-hydrogen) atoms. The molecule has 2 rings (SSSR count). The number of hydrogen-bond acceptors (Lipinski definition) is 6. The van der Waals surface area contributed by atoms with Crippen LogP contribution in [-0.2, 0) is 9.59 Å². The van der Waals surface area contributed by atoms with Gasteiger partial charge in [-0.1, -0.05) is 5.16 Å². The van der Waals surface area contributed by atoms with Gasteiger partial charge in [0.25, 0.3) is 0 Å². The molecule has 2 aliphatic heterocycles. The average molecular weight is 272 g/mol. The van der Waals surface area contributed by atoms with E-state index < -0.39 is 23.9 Å². The van der Waals surface area contributed by atoms with Gasteiger partial charge in [-0.25, -0.2) is 4.79 Å². The number of oxime groups is 1. The number of nitrogens with zero attached hydrogens (tertiary/aromatic N) is 2. The van der Waals surface area contributed by atoms with Crippen molar-refractivity contribution in [3.8, 4) is 0 Å². The third-order valence-electron chi connectivity index (χ3n) is 2.97. The molecule has 1 saturated heterocycles. The van der Waals surface area contributed by atoms with Crippen LogP contribution in [0.1, 0.15) is 6.92 Å². The van der Waals surface area contributed by atoms with Gasteiger partial charge in [-0.15, -0.1) is 11.8 Å². The van der Waals surface area contributed by atoms with Crippen molar-refractivity contribution in [1.82, 2.24) is 4.90 Å². The van der Waals surface area contributed by atoms with Crippen LogP contribution < -0.4 is 0 Å². The first kappa shape index (κ1) is 12.9. The van der Waals surface area contributed by atoms with Crippen molar-refractivity contribution in [3.05, 3.63) is 11.3 Å². The number of amides is 1. The molecular formula is C10H12N2O5S. The molecule has 0 saturated carbocycles. The number of rotatable bonds is 3. The number of aliphatic hydroxyl groups excluding tert-OH is 1. The number of β-lactam (4-membered cyclic amide) rings is 1. The monoisotopic (exact) mass is 272 g/mol. The lowest BCUT2D eigenvalue weighted by Crippen LogP contribution is -2.64. The second-order valence-corrected chi connectivity index (χ2v) is 5.20. The molecule has 0 aromatic carbocycles. The van der Waals surface area contributed by atoms with Gasteiger partial charge < -0.3 is 15.4 Å². The van der Waals surface area contributed by atoms with Crippen LogP contribution in [0.2, 0.25) is 0 Å². The van der Waals surface area contributed by atoms with Gasteiger partial charge in [0.2, 0.25) is 5.91 Å². The third-order valence-corrected chi connectivity index (χ3v) is 4.30. The first-order valence-corrected chi connectivity index (χ1v) is 6.30. The van der Waals surface area contributed by atoms with E-state index in [0.29, 0.717) is 5.75 Å². The zero-order chi connectivity index (χ0) is 13.4. The maximum Gasteiger partial charge on any atom is 0.353 e. The number of fused-ring (bicyclic) bond motifs is 1. The average Bonchev–Trinajstić information content (AvgIpc) is 2.28. The predicted octanol–water partition coefficient (Wildman–Crippen LogP) is -0.303. The zero-order valence-corrected chi connectivity index (χ0v) is 10.3. The van der Waals surface area contributed by atoms with Gasteiger partial charge in [-0.05, 0) is 6.92 Å². The van der Waals surface area contributed by atoms with Gasteiger partial charge in [0.05, 0.1) is 23.6 Å². The Morgan fingerprint density at radius 2 is 2.33 bits per heavy atom. The summed E-state index contributed by atoms with van der Waals surface area (Å²) in [6, 6.07) is 0. The van der Waals surface area contributed by atoms with E-state index >= 15 is 0 Å². The number of aliphatic hydroxyl groups is 1. The van der Waals surface area contributed by atoms with Gasteiger partial charge in [0.15, 0.2) is 0 Å². The van der Waals surface area contributed by atoms with Crippen LogP contribution >= 0.6 is 11.8 Å². The normalized spacial score (nSPS) is 29.2. The Kier molecular flexibility index (Phi) is 3.31. The van der Waals surface area contributed by atoms with E-state index in [4.69, 9.17) is 10.3 Å². The van der Waals surface area contributed by atoms with E-state index in [-0.39, 0.29) is 16.6 Å². The fourth-order valence-electron chi connectivity index (χ4n) is 2.15. The summed E-state index contributed by atoms with van der Waals surface area (Å²) in [5, 5.41) is 29.5. The van der Waals surface area contributed by atoms with Crippen LogP contribution in [0, 0.1) is 5.92 Å². The molecule has 0 bridgehead atoms. The maximum atomic E-state index is 11.9. The Balaban J connectivity index is 2.37. The largest absolute Gasteiger partial charge is 0.477 e. The van der Waals surface area contributed by atoms with Crippen molar-refractivity contribution in [2.24, 2.45) is 11.1 Å². The summed E-state index contributed by atoms with van der Waals surface area (Å²) in [6.45, 7) is 1.51. The van der Waals surface area contributed by atoms with E-state index in [1.54, 1.807) is 0 Å². The van der Waals surface area contributed by atoms with Crippen LogP contribution in [0.3, 0.4) is 0 Å². The van der Waals surface area contributed by atoms with E-state index in [9.17, 15) is 14.7 Å². The Bertz CT molecular complexity index is 459. The molecule has 98 valence electrons. The Morgan fingerprint density at radius 3 is 2.83 bits per heavy atom. The maximum absolute atomic E-state index is 11.9. The number of carbonyl (C=O) groups excluding carboxylic acids is 1. The van der Waals surface area contributed by atoms with Gasteiger partial charge in [0.1, 0.15) is 5.70 Å². The van der Waals surface area contributed by atoms with Gasteiger partial charge in [0, 0.05) is 11.3 Å². The SMILES string of the molecule is C[C@@H](O)[C@H]1C(=O)N2C(C(=O)O)=C(C=NO)CS[C@H]12. The quantitative estimate of drug-likeness (QED) is 0.281. The molecule has 7 nitrogen and oxygen atoms in total. The van der Waals surface area contributed by atoms with Crippen molar-refractivity contribution >= 4 is 29.9 Å². The van der Waals surface area contributed by atoms with Gasteiger partial charge in [-0.3, -0.25) is 9.69 Å². The minimum atomic E-state index is -1.24. The Hall–Kier alpha value is -1.54. The molecule has 1 amide bonds. The van der Waals surface area contributed by atoms with Gasteiger partial charge >= 0.3 is 5.97 Å². The highest BCUT2D eigenvalue weighted by molar-refractivity contribution is 8.00. The minimum absolute atomic E-state index is 0.168. The molecule has 0 aromatic rings. The minimum Gasteiger partial charge on any atom is -0.477 e. The van der Waals surface area contributed by atoms with Crippen molar-refractivity contribution in [2.45, 2.75) is 18.4 Å². The molecule has 0 radical (unpaired) electrons. The number of carboxylic acids is 1. The second-order valence-electron chi connectivity index (χ2n) is 4.10. The Labute approximate surface area is 107 Å². The molecule has 0 aromatic heterocycles. The van der Waals surface area contributed by atoms with Crippen LogP contribution in [0.15, 0.2) is 16.4 Å². The highest BCUT2D eigenvalue weighted by Gasteiger charge is 2.55. The smallest absolute Gasteiger partial charge is 0.353 e. The Morgan fingerprint density at radius 1 is 1.67 bits per heavy atom. The summed E-state index contributed by atoms with van der Waals surface area (Å²) in [7, 11) is 0. The van der Waals surface area contributed by atoms with E-state index in [0.717, 1.165) is 11.1 Å². The fraction of sp³-hybridized carbons (Fsp3) is 0.500. The summed E-state index contributed by atoms with van der Waals surface area (Å²) >= 11 is 1.34. The van der Waals surface area contributed by atoms with Crippen LogP contribution in [0.4, 0.5) is 0 Å². The lowest BCUT2D eigenvalue weighted by atomic mass is 9.91. The van der Waals surface area contributed by atoms with E-state index in [1.807, 2.05) is 0 Å². The lowest BCUT2D eigenvalue weighted by Gasteiger charge is -2.50. The molecule has 0 aliphatic carbocycles. The summed E-state index contributed by atoms with van der Waals surface area (Å²) in [6.07, 6.45) is 0.213. The van der Waals surface area contributed by atoms with Crippen molar-refractivity contribution in [2.75, 3.05) is 5.75 Å². The standard InChI is InChI=1S/C10H12N2O5S/c1-4(13)6-8(14)12-7(10(15)16)5(2-11-17)3-18-9(6)12/h2,4,6,9,13,17H,3H2,1H3,(H,15,16)/t4-,6+,9-/m1/s1. The second kappa shape index (κ2) is 4.62. The highest BCUT2D eigenvalue weighted by atomic mass is 32.2. The fourth-order valence-corrected chi connectivity index (χ4v) is 3.62. The van der Waals surface area contributed by atoms with Crippen LogP contribution in [-0.4, -0.2) is 55.6 Å². The number of thioether (sulfide) groups is 1. The number of carbonyl (C=O) groups is 2. The molecule has 3 N–H and O–H groups in total. The van der Waals surface area contributed by atoms with E-state index in [2.05, 4.69) is 5.16 Å². The van der Waals surface area contributed by atoms with Crippen LogP contribution in [0.25, 0.3) is 0 Å². The molecule has 8 heteroatoms. The first-order chi connectivity index (χ1) is 8.49. The molecule has 2 heterocycles. The number of aliphatic carboxylic acids is 1. The summed E-state index contributed by atoms with van der Waals surface area (Å²) in [5.41, 5.74) is 0.113. The molecule has 3 atom stereocenters.